The lowest BCUT2D eigenvalue weighted by Gasteiger charge is -2.06. The number of rotatable bonds is 1. The van der Waals surface area contributed by atoms with Crippen LogP contribution < -0.4 is 0 Å². The molecule has 0 spiro atoms. The number of para-hydroxylation sites is 2. The maximum absolute atomic E-state index is 6.04. The van der Waals surface area contributed by atoms with Gasteiger partial charge < -0.3 is 0 Å². The minimum absolute atomic E-state index is 0.924. The molecule has 100 valence electrons. The predicted octanol–water partition coefficient (Wildman–Crippen LogP) is 5.84. The standard InChI is InChI=1S/C20H15O/c1-14-7-6-8-15(13-14)20-16-9-2-4-11-18(16)21-19-12-5-3-10-17(19)20/h2-13H,1H3/q+1. The molecule has 0 aliphatic heterocycles. The van der Waals surface area contributed by atoms with Crippen LogP contribution in [-0.4, -0.2) is 0 Å². The van der Waals surface area contributed by atoms with Gasteiger partial charge in [0.05, 0.1) is 10.8 Å². The Morgan fingerprint density at radius 3 is 1.90 bits per heavy atom. The Morgan fingerprint density at radius 2 is 1.29 bits per heavy atom. The molecule has 4 rings (SSSR count). The quantitative estimate of drug-likeness (QED) is 0.312. The molecule has 0 saturated heterocycles. The van der Waals surface area contributed by atoms with Crippen molar-refractivity contribution in [1.29, 1.82) is 0 Å². The van der Waals surface area contributed by atoms with Gasteiger partial charge in [0.15, 0.2) is 0 Å². The van der Waals surface area contributed by atoms with Crippen molar-refractivity contribution >= 4 is 21.9 Å². The van der Waals surface area contributed by atoms with Gasteiger partial charge in [0.2, 0.25) is 0 Å². The Hall–Kier alpha value is -2.67. The second kappa shape index (κ2) is 4.71. The van der Waals surface area contributed by atoms with Crippen molar-refractivity contribution in [2.24, 2.45) is 0 Å². The third-order valence-electron chi connectivity index (χ3n) is 3.84. The Morgan fingerprint density at radius 1 is 0.667 bits per heavy atom. The van der Waals surface area contributed by atoms with Gasteiger partial charge in [0, 0.05) is 17.7 Å². The van der Waals surface area contributed by atoms with E-state index in [1.54, 1.807) is 0 Å². The Bertz CT molecular complexity index is 900. The lowest BCUT2D eigenvalue weighted by atomic mass is 9.96. The fraction of sp³-hybridized carbons (Fsp3) is 0.0500. The molecule has 4 aromatic rings. The van der Waals surface area contributed by atoms with Gasteiger partial charge in [-0.15, -0.1) is 0 Å². The maximum atomic E-state index is 6.04. The largest absolute Gasteiger partial charge is 0.361 e. The molecule has 0 aliphatic rings. The fourth-order valence-corrected chi connectivity index (χ4v) is 2.90. The van der Waals surface area contributed by atoms with E-state index in [9.17, 15) is 0 Å². The van der Waals surface area contributed by atoms with Crippen molar-refractivity contribution in [1.82, 2.24) is 0 Å². The van der Waals surface area contributed by atoms with Crippen molar-refractivity contribution in [2.75, 3.05) is 0 Å². The van der Waals surface area contributed by atoms with Crippen LogP contribution >= 0.6 is 0 Å². The molecule has 0 amide bonds. The highest BCUT2D eigenvalue weighted by atomic mass is 16.3. The lowest BCUT2D eigenvalue weighted by molar-refractivity contribution is 0.661. The van der Waals surface area contributed by atoms with Gasteiger partial charge in [-0.1, -0.05) is 54.1 Å². The number of aryl methyl sites for hydroxylation is 1. The molecule has 0 bridgehead atoms. The lowest BCUT2D eigenvalue weighted by Crippen LogP contribution is -1.86. The average molecular weight is 271 g/mol. The van der Waals surface area contributed by atoms with Gasteiger partial charge in [-0.05, 0) is 24.6 Å². The van der Waals surface area contributed by atoms with Crippen molar-refractivity contribution in [2.45, 2.75) is 6.92 Å². The second-order valence-corrected chi connectivity index (χ2v) is 5.34. The van der Waals surface area contributed by atoms with Crippen LogP contribution in [0.4, 0.5) is 0 Å². The second-order valence-electron chi connectivity index (χ2n) is 5.34. The van der Waals surface area contributed by atoms with E-state index in [0.717, 1.165) is 21.9 Å². The highest BCUT2D eigenvalue weighted by Gasteiger charge is 2.18. The third kappa shape index (κ3) is 1.98. The Kier molecular flexibility index (Phi) is 2.71. The van der Waals surface area contributed by atoms with Crippen LogP contribution in [0.1, 0.15) is 5.56 Å². The first kappa shape index (κ1) is 12.1. The number of hydrogen-bond donors (Lipinski definition) is 0. The molecule has 0 fully saturated rings. The Balaban J connectivity index is 2.21. The summed E-state index contributed by atoms with van der Waals surface area (Å²) in [7, 11) is 0. The van der Waals surface area contributed by atoms with Crippen molar-refractivity contribution < 1.29 is 4.42 Å². The Labute approximate surface area is 123 Å². The molecule has 0 saturated carbocycles. The summed E-state index contributed by atoms with van der Waals surface area (Å²) in [6, 6.07) is 25.1. The smallest absolute Gasteiger partial charge is 0.207 e. The predicted molar refractivity (Wildman–Crippen MR) is 88.3 cm³/mol. The number of fused-ring (bicyclic) bond motifs is 2. The molecule has 0 unspecified atom stereocenters. The first-order chi connectivity index (χ1) is 10.3. The van der Waals surface area contributed by atoms with E-state index >= 15 is 0 Å². The molecule has 1 aromatic heterocycles. The van der Waals surface area contributed by atoms with E-state index < -0.39 is 0 Å². The van der Waals surface area contributed by atoms with E-state index in [4.69, 9.17) is 4.42 Å². The van der Waals surface area contributed by atoms with Crippen molar-refractivity contribution in [3.8, 4) is 11.1 Å². The third-order valence-corrected chi connectivity index (χ3v) is 3.84. The van der Waals surface area contributed by atoms with Gasteiger partial charge in [-0.2, -0.15) is 0 Å². The van der Waals surface area contributed by atoms with E-state index in [-0.39, 0.29) is 0 Å². The van der Waals surface area contributed by atoms with E-state index in [0.29, 0.717) is 0 Å². The summed E-state index contributed by atoms with van der Waals surface area (Å²) < 4.78 is 6.04. The highest BCUT2D eigenvalue weighted by molar-refractivity contribution is 6.07. The molecule has 0 atom stereocenters. The van der Waals surface area contributed by atoms with Gasteiger partial charge in [0.1, 0.15) is 0 Å². The monoisotopic (exact) mass is 271 g/mol. The molecular formula is C20H15O+. The summed E-state index contributed by atoms with van der Waals surface area (Å²) in [6.07, 6.45) is 0. The summed E-state index contributed by atoms with van der Waals surface area (Å²) >= 11 is 0. The summed E-state index contributed by atoms with van der Waals surface area (Å²) in [5.41, 5.74) is 5.59. The fourth-order valence-electron chi connectivity index (χ4n) is 2.90. The first-order valence-corrected chi connectivity index (χ1v) is 7.13. The van der Waals surface area contributed by atoms with Gasteiger partial charge in [0.25, 0.3) is 0 Å². The van der Waals surface area contributed by atoms with Crippen molar-refractivity contribution in [3.05, 3.63) is 78.4 Å². The zero-order chi connectivity index (χ0) is 14.2. The topological polar surface area (TPSA) is 11.3 Å². The zero-order valence-corrected chi connectivity index (χ0v) is 11.8. The first-order valence-electron chi connectivity index (χ1n) is 7.13. The van der Waals surface area contributed by atoms with Gasteiger partial charge in [-0.25, -0.2) is 4.42 Å². The van der Waals surface area contributed by atoms with Crippen molar-refractivity contribution in [3.63, 3.8) is 0 Å². The van der Waals surface area contributed by atoms with Crippen LogP contribution in [0.25, 0.3) is 33.1 Å². The zero-order valence-electron chi connectivity index (χ0n) is 11.8. The summed E-state index contributed by atoms with van der Waals surface area (Å²) in [6.45, 7) is 2.13. The molecule has 1 heteroatoms. The summed E-state index contributed by atoms with van der Waals surface area (Å²) in [5, 5.41) is 2.31. The minimum Gasteiger partial charge on any atom is -0.207 e. The number of hydrogen-bond acceptors (Lipinski definition) is 0. The summed E-state index contributed by atoms with van der Waals surface area (Å²) in [5.74, 6) is 0. The van der Waals surface area contributed by atoms with Crippen LogP contribution in [0.2, 0.25) is 0 Å². The van der Waals surface area contributed by atoms with E-state index in [2.05, 4.69) is 55.5 Å². The molecule has 0 aliphatic carbocycles. The molecule has 0 radical (unpaired) electrons. The molecule has 0 N–H and O–H groups in total. The SMILES string of the molecule is Cc1cccc(-c2c3ccccc3[o+]c3ccccc23)c1. The van der Waals surface area contributed by atoms with Crippen LogP contribution in [-0.2, 0) is 0 Å². The van der Waals surface area contributed by atoms with Crippen LogP contribution in [0.5, 0.6) is 0 Å². The van der Waals surface area contributed by atoms with E-state index in [1.807, 2.05) is 24.3 Å². The molecule has 3 aromatic carbocycles. The molecular weight excluding hydrogens is 256 g/mol. The van der Waals surface area contributed by atoms with Crippen LogP contribution in [0.15, 0.2) is 77.2 Å². The van der Waals surface area contributed by atoms with E-state index in [1.165, 1.54) is 16.7 Å². The van der Waals surface area contributed by atoms with Crippen LogP contribution in [0, 0.1) is 6.92 Å². The van der Waals surface area contributed by atoms with Gasteiger partial charge >= 0.3 is 11.2 Å². The molecule has 1 heterocycles. The maximum Gasteiger partial charge on any atom is 0.361 e. The van der Waals surface area contributed by atoms with Gasteiger partial charge in [-0.3, -0.25) is 0 Å². The highest BCUT2D eigenvalue weighted by Crippen LogP contribution is 2.36. The molecule has 1 nitrogen and oxygen atoms in total. The normalized spacial score (nSPS) is 11.1. The average Bonchev–Trinajstić information content (AvgIpc) is 2.52. The summed E-state index contributed by atoms with van der Waals surface area (Å²) in [4.78, 5) is 0. The minimum atomic E-state index is 0.924. The number of benzene rings is 3. The molecule has 21 heavy (non-hydrogen) atoms. The van der Waals surface area contributed by atoms with Crippen LogP contribution in [0.3, 0.4) is 0 Å².